The highest BCUT2D eigenvalue weighted by Gasteiger charge is 2.09. The van der Waals surface area contributed by atoms with Gasteiger partial charge >= 0.3 is 0 Å². The van der Waals surface area contributed by atoms with Crippen LogP contribution in [0.3, 0.4) is 0 Å². The van der Waals surface area contributed by atoms with Gasteiger partial charge in [-0.05, 0) is 35.4 Å². The van der Waals surface area contributed by atoms with E-state index in [0.29, 0.717) is 0 Å². The van der Waals surface area contributed by atoms with Crippen LogP contribution in [0.25, 0.3) is 21.5 Å². The largest absolute Gasteiger partial charge is 0.492 e. The Morgan fingerprint density at radius 2 is 1.37 bits per heavy atom. The van der Waals surface area contributed by atoms with Crippen molar-refractivity contribution >= 4 is 33.1 Å². The average Bonchev–Trinajstić information content (AvgIpc) is 2.69. The zero-order chi connectivity index (χ0) is 18.9. The van der Waals surface area contributed by atoms with Crippen molar-refractivity contribution < 1.29 is 4.74 Å². The topological polar surface area (TPSA) is 9.23 Å². The van der Waals surface area contributed by atoms with E-state index < -0.39 is 0 Å². The van der Waals surface area contributed by atoms with Gasteiger partial charge in [0.15, 0.2) is 0 Å². The first-order valence-corrected chi connectivity index (χ1v) is 10.9. The second-order valence-electron chi connectivity index (χ2n) is 7.47. The number of hydrogen-bond acceptors (Lipinski definition) is 1. The Kier molecular flexibility index (Phi) is 7.83. The van der Waals surface area contributed by atoms with E-state index in [1.54, 1.807) is 0 Å². The zero-order valence-corrected chi connectivity index (χ0v) is 17.2. The summed E-state index contributed by atoms with van der Waals surface area (Å²) >= 11 is 6.25. The van der Waals surface area contributed by atoms with E-state index in [2.05, 4.69) is 43.3 Å². The summed E-state index contributed by atoms with van der Waals surface area (Å²) in [7, 11) is 0. The Labute approximate surface area is 168 Å². The molecule has 3 aromatic rings. The summed E-state index contributed by atoms with van der Waals surface area (Å²) in [6.45, 7) is 3.04. The summed E-state index contributed by atoms with van der Waals surface area (Å²) < 4.78 is 6.29. The molecule has 0 saturated heterocycles. The van der Waals surface area contributed by atoms with Crippen molar-refractivity contribution in [1.29, 1.82) is 0 Å². The molecule has 0 aromatic heterocycles. The molecule has 1 nitrogen and oxygen atoms in total. The lowest BCUT2D eigenvalue weighted by Crippen LogP contribution is -1.99. The summed E-state index contributed by atoms with van der Waals surface area (Å²) in [6, 6.07) is 16.7. The number of fused-ring (bicyclic) bond motifs is 2. The molecule has 0 saturated carbocycles. The van der Waals surface area contributed by atoms with E-state index in [1.807, 2.05) is 12.1 Å². The van der Waals surface area contributed by atoms with Gasteiger partial charge in [-0.25, -0.2) is 0 Å². The summed E-state index contributed by atoms with van der Waals surface area (Å²) in [5.74, 6) is 0.977. The van der Waals surface area contributed by atoms with Crippen LogP contribution in [0, 0.1) is 0 Å². The fourth-order valence-electron chi connectivity index (χ4n) is 3.74. The molecule has 0 aliphatic rings. The molecule has 0 spiro atoms. The standard InChI is InChI=1S/C25H31ClO/c1-2-3-4-5-6-7-8-9-12-17-27-25-23-14-11-10-13-20(23)18-21-15-16-22(26)19-24(21)25/h10-11,13-16,18-19H,2-9,12,17H2,1H3. The highest BCUT2D eigenvalue weighted by Crippen LogP contribution is 2.36. The smallest absolute Gasteiger partial charge is 0.134 e. The van der Waals surface area contributed by atoms with E-state index in [-0.39, 0.29) is 0 Å². The first-order valence-electron chi connectivity index (χ1n) is 10.5. The minimum absolute atomic E-state index is 0.755. The average molecular weight is 383 g/mol. The molecule has 0 N–H and O–H groups in total. The van der Waals surface area contributed by atoms with Crippen molar-refractivity contribution in [1.82, 2.24) is 0 Å². The lowest BCUT2D eigenvalue weighted by molar-refractivity contribution is 0.311. The van der Waals surface area contributed by atoms with Gasteiger partial charge < -0.3 is 4.74 Å². The molecule has 3 aromatic carbocycles. The molecule has 2 heteroatoms. The second kappa shape index (κ2) is 10.6. The predicted octanol–water partition coefficient (Wildman–Crippen LogP) is 8.56. The molecule has 0 bridgehead atoms. The molecule has 0 fully saturated rings. The van der Waals surface area contributed by atoms with Crippen LogP contribution in [-0.4, -0.2) is 6.61 Å². The monoisotopic (exact) mass is 382 g/mol. The van der Waals surface area contributed by atoms with Crippen LogP contribution in [0.15, 0.2) is 48.5 Å². The number of halogens is 1. The Morgan fingerprint density at radius 1 is 0.704 bits per heavy atom. The molecule has 0 amide bonds. The lowest BCUT2D eigenvalue weighted by Gasteiger charge is -2.13. The van der Waals surface area contributed by atoms with Gasteiger partial charge in [0.1, 0.15) is 5.75 Å². The van der Waals surface area contributed by atoms with Crippen LogP contribution in [0.4, 0.5) is 0 Å². The third-order valence-corrected chi connectivity index (χ3v) is 5.51. The fourth-order valence-corrected chi connectivity index (χ4v) is 3.91. The van der Waals surface area contributed by atoms with Gasteiger partial charge in [-0.15, -0.1) is 0 Å². The van der Waals surface area contributed by atoms with E-state index >= 15 is 0 Å². The molecular formula is C25H31ClO. The van der Waals surface area contributed by atoms with Crippen LogP contribution in [-0.2, 0) is 0 Å². The van der Waals surface area contributed by atoms with E-state index in [1.165, 1.54) is 67.5 Å². The van der Waals surface area contributed by atoms with Crippen molar-refractivity contribution in [2.24, 2.45) is 0 Å². The molecule has 0 heterocycles. The summed E-state index contributed by atoms with van der Waals surface area (Å²) in [6.07, 6.45) is 11.9. The molecule has 0 atom stereocenters. The van der Waals surface area contributed by atoms with E-state index in [4.69, 9.17) is 16.3 Å². The quantitative estimate of drug-likeness (QED) is 0.238. The number of unbranched alkanes of at least 4 members (excludes halogenated alkanes) is 8. The molecule has 27 heavy (non-hydrogen) atoms. The molecule has 0 aliphatic heterocycles. The van der Waals surface area contributed by atoms with Crippen molar-refractivity contribution in [2.45, 2.75) is 64.7 Å². The summed E-state index contributed by atoms with van der Waals surface area (Å²) in [5.41, 5.74) is 0. The number of ether oxygens (including phenoxy) is 1. The van der Waals surface area contributed by atoms with Gasteiger partial charge in [0.05, 0.1) is 6.61 Å². The van der Waals surface area contributed by atoms with Crippen LogP contribution >= 0.6 is 11.6 Å². The van der Waals surface area contributed by atoms with Gasteiger partial charge in [0, 0.05) is 15.8 Å². The second-order valence-corrected chi connectivity index (χ2v) is 7.91. The third kappa shape index (κ3) is 5.62. The van der Waals surface area contributed by atoms with Crippen molar-refractivity contribution in [3.63, 3.8) is 0 Å². The first-order chi connectivity index (χ1) is 13.3. The molecule has 3 rings (SSSR count). The molecule has 144 valence electrons. The van der Waals surface area contributed by atoms with Gasteiger partial charge in [0.2, 0.25) is 0 Å². The Balaban J connectivity index is 1.57. The van der Waals surface area contributed by atoms with Crippen LogP contribution in [0.1, 0.15) is 64.7 Å². The van der Waals surface area contributed by atoms with Crippen molar-refractivity contribution in [3.8, 4) is 5.75 Å². The fraction of sp³-hybridized carbons (Fsp3) is 0.440. The first kappa shape index (κ1) is 20.0. The van der Waals surface area contributed by atoms with Gasteiger partial charge in [-0.2, -0.15) is 0 Å². The number of benzene rings is 3. The van der Waals surface area contributed by atoms with Gasteiger partial charge in [-0.1, -0.05) is 100 Å². The summed E-state index contributed by atoms with van der Waals surface area (Å²) in [4.78, 5) is 0. The Morgan fingerprint density at radius 3 is 2.15 bits per heavy atom. The third-order valence-electron chi connectivity index (χ3n) is 5.27. The van der Waals surface area contributed by atoms with Crippen molar-refractivity contribution in [3.05, 3.63) is 53.6 Å². The van der Waals surface area contributed by atoms with Gasteiger partial charge in [-0.3, -0.25) is 0 Å². The van der Waals surface area contributed by atoms with Gasteiger partial charge in [0.25, 0.3) is 0 Å². The Hall–Kier alpha value is -1.73. The highest BCUT2D eigenvalue weighted by molar-refractivity contribution is 6.31. The molecular weight excluding hydrogens is 352 g/mol. The lowest BCUT2D eigenvalue weighted by atomic mass is 10.0. The summed E-state index contributed by atoms with van der Waals surface area (Å²) in [5, 5.41) is 5.43. The maximum atomic E-state index is 6.29. The molecule has 0 aliphatic carbocycles. The molecule has 0 radical (unpaired) electrons. The van der Waals surface area contributed by atoms with E-state index in [9.17, 15) is 0 Å². The molecule has 0 unspecified atom stereocenters. The van der Waals surface area contributed by atoms with Crippen LogP contribution in [0.2, 0.25) is 5.02 Å². The minimum Gasteiger partial charge on any atom is -0.492 e. The normalized spacial score (nSPS) is 11.3. The van der Waals surface area contributed by atoms with Crippen molar-refractivity contribution in [2.75, 3.05) is 6.61 Å². The number of rotatable bonds is 11. The zero-order valence-electron chi connectivity index (χ0n) is 16.5. The van der Waals surface area contributed by atoms with E-state index in [0.717, 1.165) is 29.2 Å². The number of hydrogen-bond donors (Lipinski definition) is 0. The van der Waals surface area contributed by atoms with Crippen LogP contribution in [0.5, 0.6) is 5.75 Å². The maximum Gasteiger partial charge on any atom is 0.134 e. The highest BCUT2D eigenvalue weighted by atomic mass is 35.5. The maximum absolute atomic E-state index is 6.29. The Bertz CT molecular complexity index is 855. The predicted molar refractivity (Wildman–Crippen MR) is 119 cm³/mol. The minimum atomic E-state index is 0.755. The SMILES string of the molecule is CCCCCCCCCCCOc1c2ccccc2cc2ccc(Cl)cc12. The van der Waals surface area contributed by atoms with Crippen LogP contribution < -0.4 is 4.74 Å².